The molecule has 1 amide bonds. The molecule has 0 saturated carbocycles. The van der Waals surface area contributed by atoms with Gasteiger partial charge in [-0.15, -0.1) is 0 Å². The van der Waals surface area contributed by atoms with Gasteiger partial charge < -0.3 is 10.6 Å². The summed E-state index contributed by atoms with van der Waals surface area (Å²) in [4.78, 5) is 14.0. The number of piperidine rings is 1. The van der Waals surface area contributed by atoms with Crippen LogP contribution in [-0.2, 0) is 11.2 Å². The van der Waals surface area contributed by atoms with Crippen LogP contribution in [0.1, 0.15) is 31.2 Å². The molecule has 0 radical (unpaired) electrons. The SMILES string of the molecule is NC1CCCN(C(=O)CCCc2ccccc2Br)C1. The van der Waals surface area contributed by atoms with E-state index in [1.165, 1.54) is 5.56 Å². The maximum Gasteiger partial charge on any atom is 0.222 e. The van der Waals surface area contributed by atoms with Crippen molar-refractivity contribution in [3.8, 4) is 0 Å². The van der Waals surface area contributed by atoms with Crippen LogP contribution in [0.15, 0.2) is 28.7 Å². The molecule has 0 aromatic heterocycles. The van der Waals surface area contributed by atoms with Gasteiger partial charge in [0.15, 0.2) is 0 Å². The summed E-state index contributed by atoms with van der Waals surface area (Å²) < 4.78 is 1.13. The lowest BCUT2D eigenvalue weighted by molar-refractivity contribution is -0.132. The molecule has 1 heterocycles. The minimum absolute atomic E-state index is 0.168. The number of carbonyl (C=O) groups is 1. The predicted molar refractivity (Wildman–Crippen MR) is 80.9 cm³/mol. The molecule has 0 spiro atoms. The Bertz CT molecular complexity index is 436. The van der Waals surface area contributed by atoms with Gasteiger partial charge >= 0.3 is 0 Å². The van der Waals surface area contributed by atoms with Crippen LogP contribution in [0.3, 0.4) is 0 Å². The largest absolute Gasteiger partial charge is 0.341 e. The second kappa shape index (κ2) is 7.06. The van der Waals surface area contributed by atoms with Crippen LogP contribution in [-0.4, -0.2) is 29.9 Å². The molecule has 1 unspecified atom stereocenters. The molecule has 1 aromatic carbocycles. The molecule has 1 aliphatic heterocycles. The molecule has 1 aliphatic rings. The lowest BCUT2D eigenvalue weighted by Crippen LogP contribution is -2.45. The van der Waals surface area contributed by atoms with E-state index in [2.05, 4.69) is 22.0 Å². The van der Waals surface area contributed by atoms with Gasteiger partial charge in [-0.2, -0.15) is 0 Å². The van der Waals surface area contributed by atoms with Crippen LogP contribution >= 0.6 is 15.9 Å². The fourth-order valence-electron chi connectivity index (χ4n) is 2.53. The zero-order valence-corrected chi connectivity index (χ0v) is 12.7. The Morgan fingerprint density at radius 2 is 2.21 bits per heavy atom. The summed E-state index contributed by atoms with van der Waals surface area (Å²) in [5.74, 6) is 0.252. The smallest absolute Gasteiger partial charge is 0.222 e. The summed E-state index contributed by atoms with van der Waals surface area (Å²) in [6.45, 7) is 1.61. The minimum Gasteiger partial charge on any atom is -0.341 e. The lowest BCUT2D eigenvalue weighted by atomic mass is 10.0. The summed E-state index contributed by atoms with van der Waals surface area (Å²) in [5.41, 5.74) is 7.17. The third-order valence-corrected chi connectivity index (χ3v) is 4.38. The highest BCUT2D eigenvalue weighted by atomic mass is 79.9. The van der Waals surface area contributed by atoms with Crippen molar-refractivity contribution in [2.24, 2.45) is 5.73 Å². The van der Waals surface area contributed by atoms with Crippen LogP contribution in [0.5, 0.6) is 0 Å². The number of aryl methyl sites for hydroxylation is 1. The standard InChI is InChI=1S/C15H21BrN2O/c16-14-8-2-1-5-12(14)6-3-9-15(19)18-10-4-7-13(17)11-18/h1-2,5,8,13H,3-4,6-7,9-11,17H2. The van der Waals surface area contributed by atoms with Crippen molar-refractivity contribution in [2.45, 2.75) is 38.1 Å². The van der Waals surface area contributed by atoms with Crippen LogP contribution in [0, 0.1) is 0 Å². The van der Waals surface area contributed by atoms with Gasteiger partial charge in [0.2, 0.25) is 5.91 Å². The van der Waals surface area contributed by atoms with Crippen molar-refractivity contribution < 1.29 is 4.79 Å². The Hall–Kier alpha value is -0.870. The highest BCUT2D eigenvalue weighted by Gasteiger charge is 2.20. The molecule has 19 heavy (non-hydrogen) atoms. The first-order chi connectivity index (χ1) is 9.16. The third-order valence-electron chi connectivity index (χ3n) is 3.61. The number of nitrogens with zero attached hydrogens (tertiary/aromatic N) is 1. The number of halogens is 1. The normalized spacial score (nSPS) is 19.5. The summed E-state index contributed by atoms with van der Waals surface area (Å²) in [5, 5.41) is 0. The van der Waals surface area contributed by atoms with E-state index in [-0.39, 0.29) is 11.9 Å². The molecule has 104 valence electrons. The molecule has 2 N–H and O–H groups in total. The number of carbonyl (C=O) groups excluding carboxylic acids is 1. The van der Waals surface area contributed by atoms with Crippen molar-refractivity contribution in [2.75, 3.05) is 13.1 Å². The second-order valence-corrected chi connectivity index (χ2v) is 6.04. The highest BCUT2D eigenvalue weighted by Crippen LogP contribution is 2.18. The number of hydrogen-bond acceptors (Lipinski definition) is 2. The Kier molecular flexibility index (Phi) is 5.40. The van der Waals surface area contributed by atoms with Gasteiger partial charge in [-0.05, 0) is 37.3 Å². The molecule has 1 atom stereocenters. The quantitative estimate of drug-likeness (QED) is 0.925. The molecule has 1 fully saturated rings. The summed E-state index contributed by atoms with van der Waals surface area (Å²) in [6.07, 6.45) is 4.53. The Morgan fingerprint density at radius 3 is 2.95 bits per heavy atom. The second-order valence-electron chi connectivity index (χ2n) is 5.19. The summed E-state index contributed by atoms with van der Waals surface area (Å²) in [6, 6.07) is 8.35. The number of nitrogens with two attached hydrogens (primary N) is 1. The number of benzene rings is 1. The molecular formula is C15H21BrN2O. The number of amides is 1. The van der Waals surface area contributed by atoms with Crippen LogP contribution in [0.4, 0.5) is 0 Å². The van der Waals surface area contributed by atoms with Gasteiger partial charge in [0.1, 0.15) is 0 Å². The number of hydrogen-bond donors (Lipinski definition) is 1. The zero-order valence-electron chi connectivity index (χ0n) is 11.1. The van der Waals surface area contributed by atoms with Crippen molar-refractivity contribution >= 4 is 21.8 Å². The minimum atomic E-state index is 0.168. The van der Waals surface area contributed by atoms with Crippen molar-refractivity contribution in [1.29, 1.82) is 0 Å². The highest BCUT2D eigenvalue weighted by molar-refractivity contribution is 9.10. The molecule has 4 heteroatoms. The molecule has 1 aromatic rings. The summed E-state index contributed by atoms with van der Waals surface area (Å²) in [7, 11) is 0. The van der Waals surface area contributed by atoms with E-state index in [4.69, 9.17) is 5.73 Å². The molecule has 3 nitrogen and oxygen atoms in total. The van der Waals surface area contributed by atoms with Gasteiger partial charge in [0, 0.05) is 30.0 Å². The maximum absolute atomic E-state index is 12.1. The van der Waals surface area contributed by atoms with E-state index in [1.54, 1.807) is 0 Å². The van der Waals surface area contributed by atoms with Crippen molar-refractivity contribution in [3.05, 3.63) is 34.3 Å². The third kappa shape index (κ3) is 4.32. The van der Waals surface area contributed by atoms with E-state index in [0.717, 1.165) is 43.2 Å². The van der Waals surface area contributed by atoms with E-state index < -0.39 is 0 Å². The first-order valence-corrected chi connectivity index (χ1v) is 7.73. The summed E-state index contributed by atoms with van der Waals surface area (Å²) >= 11 is 3.54. The average Bonchev–Trinajstić information content (AvgIpc) is 2.41. The average molecular weight is 325 g/mol. The fraction of sp³-hybridized carbons (Fsp3) is 0.533. The molecular weight excluding hydrogens is 304 g/mol. The molecule has 0 bridgehead atoms. The lowest BCUT2D eigenvalue weighted by Gasteiger charge is -2.30. The van der Waals surface area contributed by atoms with Crippen LogP contribution in [0.25, 0.3) is 0 Å². The molecule has 0 aliphatic carbocycles. The van der Waals surface area contributed by atoms with Crippen LogP contribution < -0.4 is 5.73 Å². The van der Waals surface area contributed by atoms with Gasteiger partial charge in [-0.25, -0.2) is 0 Å². The first kappa shape index (κ1) is 14.5. The van der Waals surface area contributed by atoms with Crippen molar-refractivity contribution in [1.82, 2.24) is 4.90 Å². The zero-order chi connectivity index (χ0) is 13.7. The number of rotatable bonds is 4. The van der Waals surface area contributed by atoms with E-state index >= 15 is 0 Å². The topological polar surface area (TPSA) is 46.3 Å². The van der Waals surface area contributed by atoms with E-state index in [0.29, 0.717) is 6.42 Å². The molecule has 1 saturated heterocycles. The van der Waals surface area contributed by atoms with Gasteiger partial charge in [0.05, 0.1) is 0 Å². The molecule has 2 rings (SSSR count). The predicted octanol–water partition coefficient (Wildman–Crippen LogP) is 2.72. The number of likely N-dealkylation sites (tertiary alicyclic amines) is 1. The Morgan fingerprint density at radius 1 is 1.42 bits per heavy atom. The van der Waals surface area contributed by atoms with Crippen LogP contribution in [0.2, 0.25) is 0 Å². The Labute approximate surface area is 123 Å². The first-order valence-electron chi connectivity index (χ1n) is 6.93. The Balaban J connectivity index is 1.76. The van der Waals surface area contributed by atoms with E-state index in [1.807, 2.05) is 23.1 Å². The van der Waals surface area contributed by atoms with Crippen molar-refractivity contribution in [3.63, 3.8) is 0 Å². The monoisotopic (exact) mass is 324 g/mol. The van der Waals surface area contributed by atoms with Gasteiger partial charge in [-0.3, -0.25) is 4.79 Å². The fourth-order valence-corrected chi connectivity index (χ4v) is 3.01. The van der Waals surface area contributed by atoms with E-state index in [9.17, 15) is 4.79 Å². The van der Waals surface area contributed by atoms with Gasteiger partial charge in [0.25, 0.3) is 0 Å². The van der Waals surface area contributed by atoms with Gasteiger partial charge in [-0.1, -0.05) is 34.1 Å². The maximum atomic E-state index is 12.1.